The maximum atomic E-state index is 12.8. The van der Waals surface area contributed by atoms with Crippen LogP contribution in [-0.2, 0) is 6.42 Å². The van der Waals surface area contributed by atoms with E-state index in [2.05, 4.69) is 15.6 Å². The van der Waals surface area contributed by atoms with Crippen molar-refractivity contribution in [3.63, 3.8) is 0 Å². The summed E-state index contributed by atoms with van der Waals surface area (Å²) in [6, 6.07) is 15.5. The van der Waals surface area contributed by atoms with Crippen molar-refractivity contribution in [1.29, 1.82) is 0 Å². The van der Waals surface area contributed by atoms with Crippen molar-refractivity contribution in [1.82, 2.24) is 10.3 Å². The monoisotopic (exact) mass is 407 g/mol. The number of carbonyl (C=O) groups is 2. The average Bonchev–Trinajstić information content (AvgIpc) is 3.03. The van der Waals surface area contributed by atoms with E-state index in [1.807, 2.05) is 64.1 Å². The molecular formula is C23H25N3O2S. The molecule has 0 fully saturated rings. The molecule has 5 nitrogen and oxygen atoms in total. The summed E-state index contributed by atoms with van der Waals surface area (Å²) >= 11 is 1.40. The molecule has 1 aromatic heterocycles. The van der Waals surface area contributed by atoms with Gasteiger partial charge in [-0.15, -0.1) is 11.3 Å². The van der Waals surface area contributed by atoms with Gasteiger partial charge in [-0.1, -0.05) is 36.4 Å². The van der Waals surface area contributed by atoms with Crippen LogP contribution in [0.5, 0.6) is 0 Å². The number of nitrogens with one attached hydrogen (secondary N) is 2. The summed E-state index contributed by atoms with van der Waals surface area (Å²) in [5.74, 6) is -0.355. The quantitative estimate of drug-likeness (QED) is 0.620. The number of amides is 2. The topological polar surface area (TPSA) is 71.1 Å². The van der Waals surface area contributed by atoms with Crippen LogP contribution in [0.25, 0.3) is 0 Å². The lowest BCUT2D eigenvalue weighted by atomic mass is 10.1. The second kappa shape index (κ2) is 9.01. The van der Waals surface area contributed by atoms with E-state index in [9.17, 15) is 9.59 Å². The molecule has 0 saturated carbocycles. The van der Waals surface area contributed by atoms with Crippen molar-refractivity contribution in [2.24, 2.45) is 0 Å². The van der Waals surface area contributed by atoms with E-state index >= 15 is 0 Å². The zero-order valence-corrected chi connectivity index (χ0v) is 17.9. The number of thiazole rings is 1. The van der Waals surface area contributed by atoms with Crippen molar-refractivity contribution in [2.45, 2.75) is 40.2 Å². The highest BCUT2D eigenvalue weighted by Crippen LogP contribution is 2.23. The summed E-state index contributed by atoms with van der Waals surface area (Å²) in [7, 11) is 0. The minimum absolute atomic E-state index is 0.0445. The van der Waals surface area contributed by atoms with Crippen molar-refractivity contribution in [2.75, 3.05) is 5.32 Å². The fourth-order valence-corrected chi connectivity index (χ4v) is 3.98. The molecule has 3 aromatic rings. The van der Waals surface area contributed by atoms with Gasteiger partial charge < -0.3 is 10.6 Å². The average molecular weight is 408 g/mol. The summed E-state index contributed by atoms with van der Waals surface area (Å²) in [6.07, 6.45) is 0.698. The lowest BCUT2D eigenvalue weighted by molar-refractivity contribution is 0.0941. The van der Waals surface area contributed by atoms with E-state index in [-0.39, 0.29) is 17.9 Å². The van der Waals surface area contributed by atoms with Crippen LogP contribution >= 0.6 is 11.3 Å². The Bertz CT molecular complexity index is 1030. The Morgan fingerprint density at radius 2 is 1.76 bits per heavy atom. The van der Waals surface area contributed by atoms with Gasteiger partial charge in [0.2, 0.25) is 0 Å². The maximum absolute atomic E-state index is 12.8. The molecule has 2 aromatic carbocycles. The third-order valence-electron chi connectivity index (χ3n) is 4.41. The first-order valence-corrected chi connectivity index (χ1v) is 10.4. The van der Waals surface area contributed by atoms with Crippen LogP contribution in [0.15, 0.2) is 48.5 Å². The van der Waals surface area contributed by atoms with Crippen LogP contribution < -0.4 is 10.6 Å². The highest BCUT2D eigenvalue weighted by Gasteiger charge is 2.17. The van der Waals surface area contributed by atoms with Crippen molar-refractivity contribution in [3.05, 3.63) is 80.8 Å². The third-order valence-corrected chi connectivity index (χ3v) is 5.56. The van der Waals surface area contributed by atoms with Gasteiger partial charge in [-0.3, -0.25) is 9.59 Å². The number of benzene rings is 2. The fraction of sp³-hybridized carbons (Fsp3) is 0.261. The van der Waals surface area contributed by atoms with Crippen LogP contribution in [0.1, 0.15) is 55.7 Å². The SMILES string of the molecule is Cc1ccc(NC(=O)c2sc(Cc3ccccc3)nc2C)cc1C(=O)NC(C)C. The first kappa shape index (κ1) is 20.7. The molecule has 29 heavy (non-hydrogen) atoms. The predicted molar refractivity (Wildman–Crippen MR) is 118 cm³/mol. The normalized spacial score (nSPS) is 10.8. The third kappa shape index (κ3) is 5.29. The first-order valence-electron chi connectivity index (χ1n) is 9.56. The van der Waals surface area contributed by atoms with E-state index in [1.54, 1.807) is 12.1 Å². The highest BCUT2D eigenvalue weighted by molar-refractivity contribution is 7.14. The number of hydrogen-bond acceptors (Lipinski definition) is 4. The first-order chi connectivity index (χ1) is 13.8. The Balaban J connectivity index is 1.76. The molecule has 2 N–H and O–H groups in total. The van der Waals surface area contributed by atoms with Gasteiger partial charge >= 0.3 is 0 Å². The van der Waals surface area contributed by atoms with Gasteiger partial charge in [0.25, 0.3) is 11.8 Å². The molecule has 150 valence electrons. The lowest BCUT2D eigenvalue weighted by Gasteiger charge is -2.12. The van der Waals surface area contributed by atoms with E-state index in [4.69, 9.17) is 0 Å². The van der Waals surface area contributed by atoms with Crippen molar-refractivity contribution in [3.8, 4) is 0 Å². The molecular weight excluding hydrogens is 382 g/mol. The second-order valence-corrected chi connectivity index (χ2v) is 8.38. The highest BCUT2D eigenvalue weighted by atomic mass is 32.1. The summed E-state index contributed by atoms with van der Waals surface area (Å²) in [5.41, 5.74) is 3.88. The molecule has 2 amide bonds. The van der Waals surface area contributed by atoms with Crippen LogP contribution in [0, 0.1) is 13.8 Å². The second-order valence-electron chi connectivity index (χ2n) is 7.30. The number of nitrogens with zero attached hydrogens (tertiary/aromatic N) is 1. The molecule has 3 rings (SSSR count). The van der Waals surface area contributed by atoms with Gasteiger partial charge in [0, 0.05) is 23.7 Å². The number of anilines is 1. The molecule has 0 spiro atoms. The molecule has 0 bridgehead atoms. The summed E-state index contributed by atoms with van der Waals surface area (Å²) in [6.45, 7) is 7.55. The van der Waals surface area contributed by atoms with E-state index in [0.717, 1.165) is 16.1 Å². The predicted octanol–water partition coefficient (Wildman–Crippen LogP) is 4.74. The summed E-state index contributed by atoms with van der Waals surface area (Å²) in [4.78, 5) is 30.3. The van der Waals surface area contributed by atoms with Crippen LogP contribution in [0.3, 0.4) is 0 Å². The standard InChI is InChI=1S/C23H25N3O2S/c1-14(2)24-22(27)19-13-18(11-10-15(19)3)26-23(28)21-16(4)25-20(29-21)12-17-8-6-5-7-9-17/h5-11,13-14H,12H2,1-4H3,(H,24,27)(H,26,28). The maximum Gasteiger partial charge on any atom is 0.267 e. The van der Waals surface area contributed by atoms with E-state index in [1.165, 1.54) is 11.3 Å². The zero-order chi connectivity index (χ0) is 21.0. The molecule has 0 aliphatic heterocycles. The van der Waals surface area contributed by atoms with Crippen molar-refractivity contribution < 1.29 is 9.59 Å². The fourth-order valence-electron chi connectivity index (χ4n) is 2.98. The van der Waals surface area contributed by atoms with Gasteiger partial charge in [0.05, 0.1) is 10.7 Å². The molecule has 0 aliphatic carbocycles. The van der Waals surface area contributed by atoms with E-state index < -0.39 is 0 Å². The van der Waals surface area contributed by atoms with Gasteiger partial charge in [0.15, 0.2) is 0 Å². The van der Waals surface area contributed by atoms with Crippen LogP contribution in [0.4, 0.5) is 5.69 Å². The molecule has 6 heteroatoms. The number of hydrogen-bond donors (Lipinski definition) is 2. The largest absolute Gasteiger partial charge is 0.350 e. The Labute approximate surface area is 175 Å². The molecule has 0 unspecified atom stereocenters. The lowest BCUT2D eigenvalue weighted by Crippen LogP contribution is -2.30. The summed E-state index contributed by atoms with van der Waals surface area (Å²) in [5, 5.41) is 6.69. The molecule has 1 heterocycles. The van der Waals surface area contributed by atoms with Crippen LogP contribution in [0.2, 0.25) is 0 Å². The number of aryl methyl sites for hydroxylation is 2. The minimum Gasteiger partial charge on any atom is -0.350 e. The number of rotatable bonds is 6. The van der Waals surface area contributed by atoms with Crippen molar-refractivity contribution >= 4 is 28.8 Å². The minimum atomic E-state index is -0.210. The van der Waals surface area contributed by atoms with Gasteiger partial charge in [-0.25, -0.2) is 4.98 Å². The van der Waals surface area contributed by atoms with Gasteiger partial charge in [-0.05, 0) is 51.0 Å². The summed E-state index contributed by atoms with van der Waals surface area (Å²) < 4.78 is 0. The Hall–Kier alpha value is -2.99. The number of carbonyl (C=O) groups excluding carboxylic acids is 2. The van der Waals surface area contributed by atoms with Gasteiger partial charge in [0.1, 0.15) is 4.88 Å². The zero-order valence-electron chi connectivity index (χ0n) is 17.1. The van der Waals surface area contributed by atoms with E-state index in [0.29, 0.717) is 28.2 Å². The van der Waals surface area contributed by atoms with Crippen LogP contribution in [-0.4, -0.2) is 22.8 Å². The Kier molecular flexibility index (Phi) is 6.44. The smallest absolute Gasteiger partial charge is 0.267 e. The molecule has 0 saturated heterocycles. The number of aromatic nitrogens is 1. The Morgan fingerprint density at radius 1 is 1.03 bits per heavy atom. The van der Waals surface area contributed by atoms with Gasteiger partial charge in [-0.2, -0.15) is 0 Å². The molecule has 0 aliphatic rings. The molecule has 0 radical (unpaired) electrons. The Morgan fingerprint density at radius 3 is 2.45 bits per heavy atom. The molecule has 0 atom stereocenters.